The van der Waals surface area contributed by atoms with Gasteiger partial charge in [-0.3, -0.25) is 0 Å². The molecule has 0 aromatic heterocycles. The average molecular weight is 238 g/mol. The molecule has 0 heterocycles. The second kappa shape index (κ2) is 4.45. The van der Waals surface area contributed by atoms with Crippen molar-refractivity contribution in [1.82, 2.24) is 0 Å². The number of benzene rings is 1. The molecule has 0 radical (unpaired) electrons. The number of aliphatic hydroxyl groups is 1. The number of aliphatic hydroxyl groups excluding tert-OH is 1. The van der Waals surface area contributed by atoms with Crippen LogP contribution in [0.4, 0.5) is 4.39 Å². The molecule has 14 heavy (non-hydrogen) atoms. The van der Waals surface area contributed by atoms with Gasteiger partial charge in [-0.2, -0.15) is 0 Å². The van der Waals surface area contributed by atoms with E-state index in [9.17, 15) is 9.50 Å². The summed E-state index contributed by atoms with van der Waals surface area (Å²) in [6.07, 6.45) is -0.862. The molecule has 0 fully saturated rings. The number of rotatable bonds is 2. The van der Waals surface area contributed by atoms with Gasteiger partial charge >= 0.3 is 0 Å². The van der Waals surface area contributed by atoms with Gasteiger partial charge in [-0.05, 0) is 19.1 Å². The van der Waals surface area contributed by atoms with Crippen LogP contribution in [0.5, 0.6) is 0 Å². The van der Waals surface area contributed by atoms with Crippen LogP contribution >= 0.6 is 23.2 Å². The van der Waals surface area contributed by atoms with E-state index in [-0.39, 0.29) is 10.6 Å². The maximum absolute atomic E-state index is 13.4. The first-order valence-corrected chi connectivity index (χ1v) is 4.77. The van der Waals surface area contributed by atoms with Crippen molar-refractivity contribution in [3.63, 3.8) is 0 Å². The van der Waals surface area contributed by atoms with Gasteiger partial charge in [0.1, 0.15) is 5.82 Å². The standard InChI is InChI=1S/C9H10Cl2FNO/c1-4(14)9(13)6-2-5(10)3-7(11)8(6)12/h2-4,9,14H,13H2,1H3. The molecule has 5 heteroatoms. The number of hydrogen-bond acceptors (Lipinski definition) is 2. The third-order valence-electron chi connectivity index (χ3n) is 1.90. The van der Waals surface area contributed by atoms with Crippen LogP contribution < -0.4 is 5.73 Å². The van der Waals surface area contributed by atoms with E-state index in [2.05, 4.69) is 0 Å². The molecule has 78 valence electrons. The molecule has 3 N–H and O–H groups in total. The molecule has 1 aromatic carbocycles. The van der Waals surface area contributed by atoms with Crippen molar-refractivity contribution < 1.29 is 9.50 Å². The fourth-order valence-corrected chi connectivity index (χ4v) is 1.59. The lowest BCUT2D eigenvalue weighted by Crippen LogP contribution is -2.24. The van der Waals surface area contributed by atoms with Crippen molar-refractivity contribution in [1.29, 1.82) is 0 Å². The lowest BCUT2D eigenvalue weighted by Gasteiger charge is -2.16. The smallest absolute Gasteiger partial charge is 0.146 e. The lowest BCUT2D eigenvalue weighted by atomic mass is 10.0. The number of hydrogen-bond donors (Lipinski definition) is 2. The van der Waals surface area contributed by atoms with Crippen LogP contribution in [0.3, 0.4) is 0 Å². The first-order chi connectivity index (χ1) is 6.43. The van der Waals surface area contributed by atoms with Crippen molar-refractivity contribution in [3.05, 3.63) is 33.6 Å². The first kappa shape index (κ1) is 11.7. The maximum Gasteiger partial charge on any atom is 0.146 e. The normalized spacial score (nSPS) is 15.3. The van der Waals surface area contributed by atoms with Crippen LogP contribution in [-0.4, -0.2) is 11.2 Å². The summed E-state index contributed by atoms with van der Waals surface area (Å²) < 4.78 is 13.4. The Morgan fingerprint density at radius 1 is 1.43 bits per heavy atom. The summed E-state index contributed by atoms with van der Waals surface area (Å²) in [5.74, 6) is -0.635. The molecular formula is C9H10Cl2FNO. The van der Waals surface area contributed by atoms with Gasteiger partial charge in [0.2, 0.25) is 0 Å². The van der Waals surface area contributed by atoms with Crippen LogP contribution in [0.25, 0.3) is 0 Å². The zero-order chi connectivity index (χ0) is 10.9. The molecule has 0 saturated heterocycles. The van der Waals surface area contributed by atoms with E-state index >= 15 is 0 Å². The summed E-state index contributed by atoms with van der Waals surface area (Å²) in [5.41, 5.74) is 5.69. The van der Waals surface area contributed by atoms with E-state index in [4.69, 9.17) is 28.9 Å². The Morgan fingerprint density at radius 3 is 2.50 bits per heavy atom. The summed E-state index contributed by atoms with van der Waals surface area (Å²) in [5, 5.41) is 9.40. The maximum atomic E-state index is 13.4. The van der Waals surface area contributed by atoms with Gasteiger partial charge in [0, 0.05) is 10.6 Å². The Hall–Kier alpha value is -0.350. The third kappa shape index (κ3) is 2.36. The molecule has 0 spiro atoms. The summed E-state index contributed by atoms with van der Waals surface area (Å²) >= 11 is 11.3. The average Bonchev–Trinajstić information content (AvgIpc) is 2.09. The van der Waals surface area contributed by atoms with Crippen LogP contribution in [0.1, 0.15) is 18.5 Å². The topological polar surface area (TPSA) is 46.2 Å². The molecule has 0 bridgehead atoms. The monoisotopic (exact) mass is 237 g/mol. The Morgan fingerprint density at radius 2 is 2.00 bits per heavy atom. The lowest BCUT2D eigenvalue weighted by molar-refractivity contribution is 0.162. The van der Waals surface area contributed by atoms with Gasteiger partial charge in [0.15, 0.2) is 0 Å². The number of nitrogens with two attached hydrogens (primary N) is 1. The highest BCUT2D eigenvalue weighted by Gasteiger charge is 2.18. The van der Waals surface area contributed by atoms with E-state index in [0.29, 0.717) is 5.02 Å². The fourth-order valence-electron chi connectivity index (χ4n) is 1.08. The largest absolute Gasteiger partial charge is 0.391 e. The van der Waals surface area contributed by atoms with E-state index in [0.717, 1.165) is 0 Å². The molecule has 0 saturated carbocycles. The Kier molecular flexibility index (Phi) is 3.72. The molecule has 2 nitrogen and oxygen atoms in total. The molecule has 0 aliphatic heterocycles. The van der Waals surface area contributed by atoms with Crippen molar-refractivity contribution in [2.75, 3.05) is 0 Å². The van der Waals surface area contributed by atoms with Gasteiger partial charge in [-0.1, -0.05) is 23.2 Å². The van der Waals surface area contributed by atoms with Crippen molar-refractivity contribution in [2.45, 2.75) is 19.1 Å². The van der Waals surface area contributed by atoms with Crippen LogP contribution in [0.15, 0.2) is 12.1 Å². The van der Waals surface area contributed by atoms with Crippen LogP contribution in [0.2, 0.25) is 10.0 Å². The summed E-state index contributed by atoms with van der Waals surface area (Å²) in [6.45, 7) is 1.47. The summed E-state index contributed by atoms with van der Waals surface area (Å²) in [4.78, 5) is 0. The molecule has 0 aliphatic rings. The molecule has 2 atom stereocenters. The minimum atomic E-state index is -0.862. The summed E-state index contributed by atoms with van der Waals surface area (Å²) in [6, 6.07) is 1.82. The minimum Gasteiger partial charge on any atom is -0.391 e. The summed E-state index contributed by atoms with van der Waals surface area (Å²) in [7, 11) is 0. The Labute approximate surface area is 91.4 Å². The van der Waals surface area contributed by atoms with E-state index in [1.165, 1.54) is 19.1 Å². The van der Waals surface area contributed by atoms with Gasteiger partial charge in [0.05, 0.1) is 17.2 Å². The van der Waals surface area contributed by atoms with Gasteiger partial charge in [0.25, 0.3) is 0 Å². The zero-order valence-corrected chi connectivity index (χ0v) is 8.98. The van der Waals surface area contributed by atoms with E-state index in [1.807, 2.05) is 0 Å². The second-order valence-corrected chi connectivity index (χ2v) is 3.90. The quantitative estimate of drug-likeness (QED) is 0.777. The Balaban J connectivity index is 3.20. The zero-order valence-electron chi connectivity index (χ0n) is 7.47. The fraction of sp³-hybridized carbons (Fsp3) is 0.333. The van der Waals surface area contributed by atoms with E-state index < -0.39 is 18.0 Å². The predicted molar refractivity (Wildman–Crippen MR) is 55.0 cm³/mol. The molecule has 1 rings (SSSR count). The highest BCUT2D eigenvalue weighted by Crippen LogP contribution is 2.28. The first-order valence-electron chi connectivity index (χ1n) is 4.01. The third-order valence-corrected chi connectivity index (χ3v) is 2.39. The van der Waals surface area contributed by atoms with Crippen molar-refractivity contribution in [3.8, 4) is 0 Å². The minimum absolute atomic E-state index is 0.0939. The molecule has 1 aromatic rings. The van der Waals surface area contributed by atoms with Gasteiger partial charge in [-0.15, -0.1) is 0 Å². The molecular weight excluding hydrogens is 228 g/mol. The SMILES string of the molecule is CC(O)C(N)c1cc(Cl)cc(Cl)c1F. The van der Waals surface area contributed by atoms with Crippen LogP contribution in [-0.2, 0) is 0 Å². The Bertz CT molecular complexity index is 344. The van der Waals surface area contributed by atoms with Gasteiger partial charge < -0.3 is 10.8 Å². The highest BCUT2D eigenvalue weighted by atomic mass is 35.5. The number of halogens is 3. The molecule has 2 unspecified atom stereocenters. The second-order valence-electron chi connectivity index (χ2n) is 3.06. The molecule has 0 aliphatic carbocycles. The van der Waals surface area contributed by atoms with Crippen molar-refractivity contribution in [2.24, 2.45) is 5.73 Å². The predicted octanol–water partition coefficient (Wildman–Crippen LogP) is 2.51. The van der Waals surface area contributed by atoms with Crippen LogP contribution in [0, 0.1) is 5.82 Å². The van der Waals surface area contributed by atoms with Gasteiger partial charge in [-0.25, -0.2) is 4.39 Å². The van der Waals surface area contributed by atoms with Crippen molar-refractivity contribution >= 4 is 23.2 Å². The molecule has 0 amide bonds. The van der Waals surface area contributed by atoms with E-state index in [1.54, 1.807) is 0 Å². The highest BCUT2D eigenvalue weighted by molar-refractivity contribution is 6.34.